The van der Waals surface area contributed by atoms with Crippen LogP contribution in [0, 0.1) is 12.7 Å². The lowest BCUT2D eigenvalue weighted by Crippen LogP contribution is -2.50. The van der Waals surface area contributed by atoms with E-state index in [1.54, 1.807) is 49.4 Å². The number of halogens is 1. The Bertz CT molecular complexity index is 1380. The minimum absolute atomic E-state index is 0.0118. The largest absolute Gasteiger partial charge is 0.492 e. The zero-order valence-electron chi connectivity index (χ0n) is 21.8. The fourth-order valence-electron chi connectivity index (χ4n) is 3.89. The SMILES string of the molecule is CCOc1ccccc1N(CC(=O)N(Cc1ccccc1F)C(C)C(=O)NC)S(=O)(=O)c1ccc(C)cc1. The van der Waals surface area contributed by atoms with Gasteiger partial charge in [-0.25, -0.2) is 12.8 Å². The molecular formula is C28H32FN3O5S. The number of aryl methyl sites for hydroxylation is 1. The van der Waals surface area contributed by atoms with Gasteiger partial charge in [0.25, 0.3) is 10.0 Å². The van der Waals surface area contributed by atoms with E-state index >= 15 is 0 Å². The monoisotopic (exact) mass is 541 g/mol. The number of nitrogens with zero attached hydrogens (tertiary/aromatic N) is 2. The summed E-state index contributed by atoms with van der Waals surface area (Å²) in [5, 5.41) is 2.49. The van der Waals surface area contributed by atoms with E-state index in [9.17, 15) is 22.4 Å². The number of sulfonamides is 1. The highest BCUT2D eigenvalue weighted by Gasteiger charge is 2.33. The van der Waals surface area contributed by atoms with Gasteiger partial charge in [-0.05, 0) is 51.1 Å². The predicted octanol–water partition coefficient (Wildman–Crippen LogP) is 3.89. The molecule has 0 spiro atoms. The molecule has 0 bridgehead atoms. The summed E-state index contributed by atoms with van der Waals surface area (Å²) in [5.41, 5.74) is 1.23. The summed E-state index contributed by atoms with van der Waals surface area (Å²) in [4.78, 5) is 27.5. The van der Waals surface area contributed by atoms with E-state index in [1.807, 2.05) is 6.92 Å². The molecular weight excluding hydrogens is 509 g/mol. The number of anilines is 1. The maximum Gasteiger partial charge on any atom is 0.264 e. The minimum atomic E-state index is -4.24. The Morgan fingerprint density at radius 3 is 2.26 bits per heavy atom. The van der Waals surface area contributed by atoms with Crippen molar-refractivity contribution in [3.63, 3.8) is 0 Å². The number of ether oxygens (including phenoxy) is 1. The number of carbonyl (C=O) groups excluding carboxylic acids is 2. The number of nitrogens with one attached hydrogen (secondary N) is 1. The first-order valence-electron chi connectivity index (χ1n) is 12.2. The van der Waals surface area contributed by atoms with Crippen molar-refractivity contribution in [1.29, 1.82) is 0 Å². The summed E-state index contributed by atoms with van der Waals surface area (Å²) in [6.07, 6.45) is 0. The molecule has 202 valence electrons. The highest BCUT2D eigenvalue weighted by molar-refractivity contribution is 7.92. The first-order valence-corrected chi connectivity index (χ1v) is 13.6. The molecule has 1 atom stereocenters. The second-order valence-electron chi connectivity index (χ2n) is 8.63. The van der Waals surface area contributed by atoms with Gasteiger partial charge in [-0.3, -0.25) is 13.9 Å². The van der Waals surface area contributed by atoms with Gasteiger partial charge in [0.2, 0.25) is 11.8 Å². The van der Waals surface area contributed by atoms with Crippen molar-refractivity contribution in [2.75, 3.05) is 24.5 Å². The van der Waals surface area contributed by atoms with Gasteiger partial charge in [0.05, 0.1) is 17.2 Å². The zero-order chi connectivity index (χ0) is 27.9. The number of para-hydroxylation sites is 2. The average molecular weight is 542 g/mol. The van der Waals surface area contributed by atoms with Crippen LogP contribution in [0.2, 0.25) is 0 Å². The lowest BCUT2D eigenvalue weighted by molar-refractivity contribution is -0.139. The maximum absolute atomic E-state index is 14.5. The first-order chi connectivity index (χ1) is 18.1. The average Bonchev–Trinajstić information content (AvgIpc) is 2.91. The van der Waals surface area contributed by atoms with E-state index in [2.05, 4.69) is 5.32 Å². The zero-order valence-corrected chi connectivity index (χ0v) is 22.7. The first kappa shape index (κ1) is 28.6. The molecule has 0 saturated heterocycles. The van der Waals surface area contributed by atoms with Crippen LogP contribution in [0.4, 0.5) is 10.1 Å². The van der Waals surface area contributed by atoms with Crippen LogP contribution in [0.25, 0.3) is 0 Å². The lowest BCUT2D eigenvalue weighted by Gasteiger charge is -2.32. The van der Waals surface area contributed by atoms with Crippen molar-refractivity contribution >= 4 is 27.5 Å². The number of likely N-dealkylation sites (N-methyl/N-ethyl adjacent to an activating group) is 1. The standard InChI is InChI=1S/C28H32FN3O5S/c1-5-37-26-13-9-8-12-25(26)32(38(35,36)23-16-14-20(2)15-17-23)19-27(33)31(21(3)28(34)30-4)18-22-10-6-7-11-24(22)29/h6-17,21H,5,18-19H2,1-4H3,(H,30,34). The van der Waals surface area contributed by atoms with Crippen molar-refractivity contribution in [2.24, 2.45) is 0 Å². The lowest BCUT2D eigenvalue weighted by atomic mass is 10.1. The summed E-state index contributed by atoms with van der Waals surface area (Å²) in [6.45, 7) is 4.51. The Kier molecular flexibility index (Phi) is 9.46. The molecule has 0 radical (unpaired) electrons. The van der Waals surface area contributed by atoms with Gasteiger partial charge in [-0.2, -0.15) is 0 Å². The fraction of sp³-hybridized carbons (Fsp3) is 0.286. The molecule has 0 heterocycles. The predicted molar refractivity (Wildman–Crippen MR) is 144 cm³/mol. The normalized spacial score (nSPS) is 11.9. The van der Waals surface area contributed by atoms with E-state index in [4.69, 9.17) is 4.74 Å². The summed E-state index contributed by atoms with van der Waals surface area (Å²) in [6, 6.07) is 17.7. The van der Waals surface area contributed by atoms with Gasteiger partial charge in [0.1, 0.15) is 24.2 Å². The number of hydrogen-bond donors (Lipinski definition) is 1. The summed E-state index contributed by atoms with van der Waals surface area (Å²) >= 11 is 0. The second kappa shape index (κ2) is 12.6. The quantitative estimate of drug-likeness (QED) is 0.397. The molecule has 8 nitrogen and oxygen atoms in total. The molecule has 3 aromatic carbocycles. The van der Waals surface area contributed by atoms with Crippen LogP contribution < -0.4 is 14.4 Å². The molecule has 0 aliphatic carbocycles. The molecule has 0 saturated carbocycles. The number of amides is 2. The third kappa shape index (κ3) is 6.49. The van der Waals surface area contributed by atoms with Gasteiger partial charge in [-0.15, -0.1) is 0 Å². The Morgan fingerprint density at radius 1 is 1.00 bits per heavy atom. The van der Waals surface area contributed by atoms with Gasteiger partial charge in [-0.1, -0.05) is 48.0 Å². The number of carbonyl (C=O) groups is 2. The molecule has 10 heteroatoms. The van der Waals surface area contributed by atoms with Crippen LogP contribution in [0.3, 0.4) is 0 Å². The smallest absolute Gasteiger partial charge is 0.264 e. The minimum Gasteiger partial charge on any atom is -0.492 e. The van der Waals surface area contributed by atoms with Crippen LogP contribution in [0.5, 0.6) is 5.75 Å². The van der Waals surface area contributed by atoms with Crippen LogP contribution in [-0.4, -0.2) is 51.4 Å². The second-order valence-corrected chi connectivity index (χ2v) is 10.5. The van der Waals surface area contributed by atoms with Gasteiger partial charge < -0.3 is 15.0 Å². The molecule has 3 rings (SSSR count). The highest BCUT2D eigenvalue weighted by atomic mass is 32.2. The van der Waals surface area contributed by atoms with E-state index in [1.165, 1.54) is 44.3 Å². The van der Waals surface area contributed by atoms with Crippen molar-refractivity contribution in [2.45, 2.75) is 38.3 Å². The third-order valence-corrected chi connectivity index (χ3v) is 7.81. The highest BCUT2D eigenvalue weighted by Crippen LogP contribution is 2.33. The van der Waals surface area contributed by atoms with Gasteiger partial charge in [0, 0.05) is 19.2 Å². The fourth-order valence-corrected chi connectivity index (χ4v) is 5.32. The number of benzene rings is 3. The van der Waals surface area contributed by atoms with E-state index in [0.29, 0.717) is 0 Å². The van der Waals surface area contributed by atoms with E-state index in [0.717, 1.165) is 14.8 Å². The van der Waals surface area contributed by atoms with Crippen LogP contribution in [-0.2, 0) is 26.2 Å². The van der Waals surface area contributed by atoms with Crippen molar-refractivity contribution in [3.05, 3.63) is 89.7 Å². The van der Waals surface area contributed by atoms with Crippen molar-refractivity contribution in [1.82, 2.24) is 10.2 Å². The molecule has 2 amide bonds. The maximum atomic E-state index is 14.5. The molecule has 1 unspecified atom stereocenters. The summed E-state index contributed by atoms with van der Waals surface area (Å²) in [5.74, 6) is -1.43. The Hall–Kier alpha value is -3.92. The molecule has 3 aromatic rings. The molecule has 0 aliphatic rings. The van der Waals surface area contributed by atoms with E-state index in [-0.39, 0.29) is 35.0 Å². The summed E-state index contributed by atoms with van der Waals surface area (Å²) in [7, 11) is -2.81. The number of hydrogen-bond acceptors (Lipinski definition) is 5. The Balaban J connectivity index is 2.10. The van der Waals surface area contributed by atoms with Gasteiger partial charge in [0.15, 0.2) is 0 Å². The van der Waals surface area contributed by atoms with Gasteiger partial charge >= 0.3 is 0 Å². The summed E-state index contributed by atoms with van der Waals surface area (Å²) < 4.78 is 48.9. The van der Waals surface area contributed by atoms with Crippen molar-refractivity contribution in [3.8, 4) is 5.75 Å². The topological polar surface area (TPSA) is 96.0 Å². The molecule has 0 aliphatic heterocycles. The Labute approximate surface area is 223 Å². The molecule has 0 fully saturated rings. The van der Waals surface area contributed by atoms with Crippen molar-refractivity contribution < 1.29 is 27.1 Å². The Morgan fingerprint density at radius 2 is 1.63 bits per heavy atom. The number of rotatable bonds is 11. The molecule has 38 heavy (non-hydrogen) atoms. The van der Waals surface area contributed by atoms with Crippen LogP contribution in [0.1, 0.15) is 25.0 Å². The van der Waals surface area contributed by atoms with E-state index < -0.39 is 40.2 Å². The molecule has 1 N–H and O–H groups in total. The third-order valence-electron chi connectivity index (χ3n) is 6.03. The van der Waals surface area contributed by atoms with Crippen LogP contribution in [0.15, 0.2) is 77.7 Å². The molecule has 0 aromatic heterocycles. The van der Waals surface area contributed by atoms with Crippen LogP contribution >= 0.6 is 0 Å².